The fraction of sp³-hybridized carbons (Fsp3) is 0. The second-order valence-electron chi connectivity index (χ2n) is 4.11. The van der Waals surface area contributed by atoms with Crippen molar-refractivity contribution < 1.29 is 14.1 Å². The zero-order chi connectivity index (χ0) is 15.6. The van der Waals surface area contributed by atoms with Crippen molar-refractivity contribution >= 4 is 38.9 Å². The van der Waals surface area contributed by atoms with Gasteiger partial charge in [0.2, 0.25) is 5.82 Å². The number of nitrogens with zero attached hydrogens (tertiary/aromatic N) is 1. The number of nitro benzene ring substituents is 1. The summed E-state index contributed by atoms with van der Waals surface area (Å²) < 4.78 is 13.9. The normalized spacial score (nSPS) is 10.2. The number of halogens is 2. The van der Waals surface area contributed by atoms with E-state index in [1.807, 2.05) is 0 Å². The number of benzene rings is 2. The minimum Gasteiger partial charge on any atom is -0.398 e. The van der Waals surface area contributed by atoms with Gasteiger partial charge in [-0.2, -0.15) is 4.39 Å². The van der Waals surface area contributed by atoms with Gasteiger partial charge in [-0.05, 0) is 30.3 Å². The Morgan fingerprint density at radius 2 is 2.00 bits per heavy atom. The second-order valence-corrected chi connectivity index (χ2v) is 5.02. The number of nitro groups is 1. The molecule has 0 heterocycles. The minimum absolute atomic E-state index is 0.104. The summed E-state index contributed by atoms with van der Waals surface area (Å²) in [5, 5.41) is 13.1. The van der Waals surface area contributed by atoms with Gasteiger partial charge in [0.25, 0.3) is 5.91 Å². The Balaban J connectivity index is 2.29. The third-order valence-corrected chi connectivity index (χ3v) is 3.15. The van der Waals surface area contributed by atoms with Gasteiger partial charge in [0.1, 0.15) is 0 Å². The van der Waals surface area contributed by atoms with Crippen LogP contribution in [-0.4, -0.2) is 10.8 Å². The highest BCUT2D eigenvalue weighted by Gasteiger charge is 2.16. The maximum absolute atomic E-state index is 13.2. The van der Waals surface area contributed by atoms with Crippen LogP contribution >= 0.6 is 15.9 Å². The van der Waals surface area contributed by atoms with Crippen molar-refractivity contribution in [1.82, 2.24) is 0 Å². The van der Waals surface area contributed by atoms with Crippen LogP contribution in [0.4, 0.5) is 21.5 Å². The number of rotatable bonds is 3. The topological polar surface area (TPSA) is 98.3 Å². The highest BCUT2D eigenvalue weighted by Crippen LogP contribution is 2.24. The van der Waals surface area contributed by atoms with Gasteiger partial charge in [0, 0.05) is 21.9 Å². The Morgan fingerprint density at radius 3 is 2.67 bits per heavy atom. The van der Waals surface area contributed by atoms with E-state index in [1.54, 1.807) is 12.1 Å². The number of hydrogen-bond acceptors (Lipinski definition) is 4. The van der Waals surface area contributed by atoms with Crippen molar-refractivity contribution in [3.8, 4) is 0 Å². The fourth-order valence-electron chi connectivity index (χ4n) is 1.65. The Labute approximate surface area is 127 Å². The molecule has 0 saturated carbocycles. The maximum atomic E-state index is 13.2. The third-order valence-electron chi connectivity index (χ3n) is 2.66. The lowest BCUT2D eigenvalue weighted by atomic mass is 10.1. The van der Waals surface area contributed by atoms with Crippen LogP contribution in [0.25, 0.3) is 0 Å². The Kier molecular flexibility index (Phi) is 4.18. The molecule has 0 fully saturated rings. The molecule has 3 N–H and O–H groups in total. The van der Waals surface area contributed by atoms with Gasteiger partial charge < -0.3 is 11.1 Å². The molecule has 6 nitrogen and oxygen atoms in total. The molecule has 0 bridgehead atoms. The van der Waals surface area contributed by atoms with Crippen LogP contribution < -0.4 is 11.1 Å². The molecule has 1 amide bonds. The lowest BCUT2D eigenvalue weighted by molar-refractivity contribution is -0.387. The monoisotopic (exact) mass is 353 g/mol. The molecule has 21 heavy (non-hydrogen) atoms. The van der Waals surface area contributed by atoms with Crippen LogP contribution in [0.2, 0.25) is 0 Å². The molecule has 0 aliphatic carbocycles. The van der Waals surface area contributed by atoms with Gasteiger partial charge in [-0.3, -0.25) is 14.9 Å². The molecule has 2 aromatic carbocycles. The average Bonchev–Trinajstić information content (AvgIpc) is 2.43. The summed E-state index contributed by atoms with van der Waals surface area (Å²) in [6.07, 6.45) is 0. The predicted molar refractivity (Wildman–Crippen MR) is 79.6 cm³/mol. The predicted octanol–water partition coefficient (Wildman–Crippen LogP) is 3.33. The van der Waals surface area contributed by atoms with Crippen LogP contribution in [0, 0.1) is 15.9 Å². The van der Waals surface area contributed by atoms with Gasteiger partial charge >= 0.3 is 5.69 Å². The Morgan fingerprint density at radius 1 is 1.29 bits per heavy atom. The fourth-order valence-corrected chi connectivity index (χ4v) is 2.01. The van der Waals surface area contributed by atoms with Crippen LogP contribution in [0.1, 0.15) is 10.4 Å². The van der Waals surface area contributed by atoms with Crippen LogP contribution in [0.3, 0.4) is 0 Å². The number of anilines is 2. The molecule has 0 atom stereocenters. The van der Waals surface area contributed by atoms with E-state index in [4.69, 9.17) is 5.73 Å². The number of nitrogens with two attached hydrogens (primary N) is 1. The van der Waals surface area contributed by atoms with Crippen molar-refractivity contribution in [2.75, 3.05) is 11.1 Å². The quantitative estimate of drug-likeness (QED) is 0.502. The first-order valence-corrected chi connectivity index (χ1v) is 6.48. The lowest BCUT2D eigenvalue weighted by Crippen LogP contribution is -2.14. The first-order valence-electron chi connectivity index (χ1n) is 5.69. The van der Waals surface area contributed by atoms with Crippen LogP contribution in [0.15, 0.2) is 40.9 Å². The molecular weight excluding hydrogens is 345 g/mol. The zero-order valence-corrected chi connectivity index (χ0v) is 12.1. The lowest BCUT2D eigenvalue weighted by Gasteiger charge is -2.08. The second kappa shape index (κ2) is 5.88. The third kappa shape index (κ3) is 3.34. The summed E-state index contributed by atoms with van der Waals surface area (Å²) in [4.78, 5) is 21.9. The van der Waals surface area contributed by atoms with E-state index in [-0.39, 0.29) is 16.9 Å². The summed E-state index contributed by atoms with van der Waals surface area (Å²) in [7, 11) is 0. The van der Waals surface area contributed by atoms with E-state index in [0.717, 1.165) is 12.1 Å². The van der Waals surface area contributed by atoms with Crippen molar-refractivity contribution in [1.29, 1.82) is 0 Å². The summed E-state index contributed by atoms with van der Waals surface area (Å²) in [6.45, 7) is 0. The van der Waals surface area contributed by atoms with Gasteiger partial charge in [-0.25, -0.2) is 0 Å². The van der Waals surface area contributed by atoms with Crippen molar-refractivity contribution in [3.63, 3.8) is 0 Å². The molecule has 0 radical (unpaired) electrons. The zero-order valence-electron chi connectivity index (χ0n) is 10.5. The molecule has 0 aromatic heterocycles. The highest BCUT2D eigenvalue weighted by atomic mass is 79.9. The van der Waals surface area contributed by atoms with E-state index in [1.165, 1.54) is 12.1 Å². The maximum Gasteiger partial charge on any atom is 0.306 e. The summed E-state index contributed by atoms with van der Waals surface area (Å²) in [5.74, 6) is -1.52. The largest absolute Gasteiger partial charge is 0.398 e. The standard InChI is InChI=1S/C13H9BrFN3O3/c14-7-1-4-11(16)9(5-7)13(19)17-8-2-3-10(15)12(6-8)18(20)21/h1-6H,16H2,(H,17,19). The molecule has 0 unspecified atom stereocenters. The number of nitrogens with one attached hydrogen (secondary N) is 1. The van der Waals surface area contributed by atoms with Crippen LogP contribution in [-0.2, 0) is 0 Å². The molecule has 0 aliphatic heterocycles. The number of carbonyl (C=O) groups is 1. The number of nitrogen functional groups attached to an aromatic ring is 1. The number of carbonyl (C=O) groups excluding carboxylic acids is 1. The Bertz CT molecular complexity index is 737. The molecule has 108 valence electrons. The average molecular weight is 354 g/mol. The summed E-state index contributed by atoms with van der Waals surface area (Å²) in [5.41, 5.74) is 5.55. The first-order chi connectivity index (χ1) is 9.88. The van der Waals surface area contributed by atoms with E-state index in [9.17, 15) is 19.3 Å². The highest BCUT2D eigenvalue weighted by molar-refractivity contribution is 9.10. The van der Waals surface area contributed by atoms with Crippen molar-refractivity contribution in [2.45, 2.75) is 0 Å². The molecular formula is C13H9BrFN3O3. The molecule has 0 aliphatic rings. The first kappa shape index (κ1) is 14.9. The smallest absolute Gasteiger partial charge is 0.306 e. The van der Waals surface area contributed by atoms with Gasteiger partial charge in [0.15, 0.2) is 0 Å². The Hall–Kier alpha value is -2.48. The van der Waals surface area contributed by atoms with E-state index in [0.29, 0.717) is 4.47 Å². The van der Waals surface area contributed by atoms with Gasteiger partial charge in [-0.15, -0.1) is 0 Å². The van der Waals surface area contributed by atoms with E-state index >= 15 is 0 Å². The van der Waals surface area contributed by atoms with Crippen molar-refractivity contribution in [3.05, 3.63) is 62.4 Å². The summed E-state index contributed by atoms with van der Waals surface area (Å²) >= 11 is 3.22. The van der Waals surface area contributed by atoms with E-state index < -0.39 is 22.3 Å². The SMILES string of the molecule is Nc1ccc(Br)cc1C(=O)Nc1ccc(F)c([N+](=O)[O-])c1. The summed E-state index contributed by atoms with van der Waals surface area (Å²) in [6, 6.07) is 7.83. The molecule has 2 rings (SSSR count). The molecule has 0 saturated heterocycles. The van der Waals surface area contributed by atoms with Crippen LogP contribution in [0.5, 0.6) is 0 Å². The molecule has 0 spiro atoms. The number of hydrogen-bond donors (Lipinski definition) is 2. The van der Waals surface area contributed by atoms with Crippen molar-refractivity contribution in [2.24, 2.45) is 0 Å². The minimum atomic E-state index is -0.972. The van der Waals surface area contributed by atoms with Gasteiger partial charge in [0.05, 0.1) is 10.5 Å². The molecule has 8 heteroatoms. The molecule has 2 aromatic rings. The number of amides is 1. The van der Waals surface area contributed by atoms with E-state index in [2.05, 4.69) is 21.2 Å². The van der Waals surface area contributed by atoms with Gasteiger partial charge in [-0.1, -0.05) is 15.9 Å².